The van der Waals surface area contributed by atoms with E-state index in [0.29, 0.717) is 0 Å². The molecule has 0 bridgehead atoms. The van der Waals surface area contributed by atoms with Crippen LogP contribution in [0.1, 0.15) is 6.92 Å². The minimum Gasteiger partial charge on any atom is -0.329 e. The van der Waals surface area contributed by atoms with Crippen LogP contribution < -0.4 is 0 Å². The molecule has 1 aliphatic rings. The van der Waals surface area contributed by atoms with Crippen LogP contribution in [0.5, 0.6) is 0 Å². The molecular formula is C7H11NOS. The molecule has 1 atom stereocenters. The summed E-state index contributed by atoms with van der Waals surface area (Å²) in [4.78, 5) is 10.1. The molecule has 1 rings (SSSR count). The van der Waals surface area contributed by atoms with E-state index in [9.17, 15) is 4.79 Å². The number of hydrogen-bond acceptors (Lipinski definition) is 2. The van der Waals surface area contributed by atoms with Crippen molar-refractivity contribution < 1.29 is 4.79 Å². The molecule has 0 amide bonds. The van der Waals surface area contributed by atoms with Gasteiger partial charge in [-0.2, -0.15) is 0 Å². The molecule has 0 aromatic heterocycles. The fourth-order valence-electron chi connectivity index (χ4n) is 0.842. The average molecular weight is 157 g/mol. The third-order valence-corrected chi connectivity index (χ3v) is 3.54. The molecule has 3 heteroatoms. The van der Waals surface area contributed by atoms with Crippen molar-refractivity contribution in [1.82, 2.24) is 4.31 Å². The van der Waals surface area contributed by atoms with Crippen LogP contribution in [0, 0.1) is 0 Å². The van der Waals surface area contributed by atoms with E-state index < -0.39 is 0 Å². The first-order valence-electron chi connectivity index (χ1n) is 3.14. The topological polar surface area (TPSA) is 20.3 Å². The number of rotatable bonds is 1. The van der Waals surface area contributed by atoms with Crippen LogP contribution in [-0.2, 0) is 4.79 Å². The fraction of sp³-hybridized carbons (Fsp3) is 0.429. The van der Waals surface area contributed by atoms with Crippen LogP contribution in [-0.4, -0.2) is 28.8 Å². The quantitative estimate of drug-likeness (QED) is 0.418. The SMILES string of the molecule is CC1=CCS(=CC=O)N1C. The van der Waals surface area contributed by atoms with Gasteiger partial charge in [-0.25, -0.2) is 0 Å². The number of nitrogens with zero attached hydrogens (tertiary/aromatic N) is 1. The molecule has 0 saturated heterocycles. The van der Waals surface area contributed by atoms with Gasteiger partial charge >= 0.3 is 0 Å². The highest BCUT2D eigenvalue weighted by atomic mass is 32.2. The highest BCUT2D eigenvalue weighted by Gasteiger charge is 2.09. The summed E-state index contributed by atoms with van der Waals surface area (Å²) in [7, 11) is 2.06. The molecular weight excluding hydrogens is 146 g/mol. The lowest BCUT2D eigenvalue weighted by Crippen LogP contribution is -2.04. The predicted octanol–water partition coefficient (Wildman–Crippen LogP) is 1.02. The van der Waals surface area contributed by atoms with Crippen molar-refractivity contribution in [2.75, 3.05) is 12.8 Å². The molecule has 0 radical (unpaired) electrons. The molecule has 0 spiro atoms. The smallest absolute Gasteiger partial charge is 0.150 e. The molecule has 0 saturated carbocycles. The van der Waals surface area contributed by atoms with Gasteiger partial charge in [-0.1, -0.05) is 16.7 Å². The maximum absolute atomic E-state index is 10.1. The van der Waals surface area contributed by atoms with Crippen molar-refractivity contribution in [1.29, 1.82) is 0 Å². The van der Waals surface area contributed by atoms with E-state index in [1.807, 2.05) is 7.05 Å². The Morgan fingerprint density at radius 3 is 2.90 bits per heavy atom. The standard InChI is InChI=1S/C7H11NOS/c1-7-3-5-10(6-4-9)8(7)2/h3-4,6H,5H2,1-2H3. The van der Waals surface area contributed by atoms with Gasteiger partial charge in [0, 0.05) is 23.9 Å². The minimum absolute atomic E-state index is 0.0455. The van der Waals surface area contributed by atoms with E-state index in [-0.39, 0.29) is 10.7 Å². The van der Waals surface area contributed by atoms with Gasteiger partial charge in [0.1, 0.15) is 6.29 Å². The molecule has 1 unspecified atom stereocenters. The fourth-order valence-corrected chi connectivity index (χ4v) is 2.34. The first-order chi connectivity index (χ1) is 4.75. The number of carbonyl (C=O) groups excluding carboxylic acids is 1. The lowest BCUT2D eigenvalue weighted by Gasteiger charge is -2.15. The molecule has 2 nitrogen and oxygen atoms in total. The van der Waals surface area contributed by atoms with Crippen molar-refractivity contribution >= 4 is 22.3 Å². The van der Waals surface area contributed by atoms with Crippen molar-refractivity contribution in [3.8, 4) is 0 Å². The van der Waals surface area contributed by atoms with Gasteiger partial charge in [-0.05, 0) is 6.92 Å². The third-order valence-electron chi connectivity index (χ3n) is 1.61. The van der Waals surface area contributed by atoms with E-state index in [0.717, 1.165) is 12.0 Å². The van der Waals surface area contributed by atoms with E-state index in [2.05, 4.69) is 17.3 Å². The van der Waals surface area contributed by atoms with Gasteiger partial charge in [0.15, 0.2) is 0 Å². The number of hydrogen-bond donors (Lipinski definition) is 0. The molecule has 0 N–H and O–H groups in total. The molecule has 0 aromatic carbocycles. The Kier molecular flexibility index (Phi) is 2.27. The third kappa shape index (κ3) is 1.29. The van der Waals surface area contributed by atoms with Crippen LogP contribution in [0.25, 0.3) is 0 Å². The van der Waals surface area contributed by atoms with E-state index in [1.165, 1.54) is 5.70 Å². The summed E-state index contributed by atoms with van der Waals surface area (Å²) >= 11 is 0. The van der Waals surface area contributed by atoms with Crippen molar-refractivity contribution in [2.45, 2.75) is 6.92 Å². The minimum atomic E-state index is 0.0455. The molecule has 56 valence electrons. The van der Waals surface area contributed by atoms with Crippen molar-refractivity contribution in [2.24, 2.45) is 0 Å². The maximum atomic E-state index is 10.1. The first-order valence-corrected chi connectivity index (χ1v) is 4.56. The summed E-state index contributed by atoms with van der Waals surface area (Å²) in [5.74, 6) is 1.00. The molecule has 0 aromatic rings. The van der Waals surface area contributed by atoms with Gasteiger partial charge in [-0.15, -0.1) is 0 Å². The van der Waals surface area contributed by atoms with E-state index in [1.54, 1.807) is 5.37 Å². The Balaban J connectivity index is 2.73. The van der Waals surface area contributed by atoms with Gasteiger partial charge in [-0.3, -0.25) is 4.79 Å². The summed E-state index contributed by atoms with van der Waals surface area (Å²) in [5, 5.41) is 1.72. The van der Waals surface area contributed by atoms with Crippen LogP contribution >= 0.6 is 10.7 Å². The van der Waals surface area contributed by atoms with Crippen LogP contribution in [0.2, 0.25) is 0 Å². The zero-order valence-electron chi connectivity index (χ0n) is 6.20. The zero-order chi connectivity index (χ0) is 7.56. The van der Waals surface area contributed by atoms with Crippen LogP contribution in [0.4, 0.5) is 0 Å². The van der Waals surface area contributed by atoms with Crippen molar-refractivity contribution in [3.05, 3.63) is 11.8 Å². The highest BCUT2D eigenvalue weighted by molar-refractivity contribution is 8.14. The summed E-state index contributed by atoms with van der Waals surface area (Å²) < 4.78 is 2.13. The van der Waals surface area contributed by atoms with Gasteiger partial charge in [0.25, 0.3) is 0 Å². The molecule has 10 heavy (non-hydrogen) atoms. The largest absolute Gasteiger partial charge is 0.329 e. The Labute approximate surface area is 63.6 Å². The maximum Gasteiger partial charge on any atom is 0.150 e. The Morgan fingerprint density at radius 2 is 2.50 bits per heavy atom. The Morgan fingerprint density at radius 1 is 1.80 bits per heavy atom. The molecule has 0 aliphatic carbocycles. The van der Waals surface area contributed by atoms with Gasteiger partial charge in [0.2, 0.25) is 0 Å². The second-order valence-electron chi connectivity index (χ2n) is 2.18. The zero-order valence-corrected chi connectivity index (χ0v) is 7.02. The molecule has 0 fully saturated rings. The van der Waals surface area contributed by atoms with Gasteiger partial charge in [0.05, 0.1) is 0 Å². The van der Waals surface area contributed by atoms with E-state index in [4.69, 9.17) is 0 Å². The Bertz CT molecular complexity index is 208. The summed E-state index contributed by atoms with van der Waals surface area (Å²) in [6.07, 6.45) is 3.04. The Hall–Kier alpha value is -0.570. The number of carbonyl (C=O) groups is 1. The lowest BCUT2D eigenvalue weighted by molar-refractivity contribution is -0.102. The normalized spacial score (nSPS) is 25.2. The van der Waals surface area contributed by atoms with Gasteiger partial charge < -0.3 is 4.31 Å². The highest BCUT2D eigenvalue weighted by Crippen LogP contribution is 2.28. The monoisotopic (exact) mass is 157 g/mol. The van der Waals surface area contributed by atoms with E-state index >= 15 is 0 Å². The second kappa shape index (κ2) is 3.01. The number of allylic oxidation sites excluding steroid dienone is 1. The average Bonchev–Trinajstić information content (AvgIpc) is 2.20. The summed E-state index contributed by atoms with van der Waals surface area (Å²) in [5.41, 5.74) is 1.27. The predicted molar refractivity (Wildman–Crippen MR) is 46.1 cm³/mol. The lowest BCUT2D eigenvalue weighted by atomic mass is 10.5. The second-order valence-corrected chi connectivity index (χ2v) is 4.14. The van der Waals surface area contributed by atoms with Crippen LogP contribution in [0.15, 0.2) is 11.8 Å². The summed E-state index contributed by atoms with van der Waals surface area (Å²) in [6, 6.07) is 0. The number of aldehydes is 1. The first kappa shape index (κ1) is 7.54. The van der Waals surface area contributed by atoms with Crippen molar-refractivity contribution in [3.63, 3.8) is 0 Å². The molecule has 1 heterocycles. The van der Waals surface area contributed by atoms with Crippen LogP contribution in [0.3, 0.4) is 0 Å². The summed E-state index contributed by atoms with van der Waals surface area (Å²) in [6.45, 7) is 2.06. The molecule has 1 aliphatic heterocycles.